The summed E-state index contributed by atoms with van der Waals surface area (Å²) in [5.74, 6) is -1.97. The van der Waals surface area contributed by atoms with Gasteiger partial charge in [0, 0.05) is 24.0 Å². The topological polar surface area (TPSA) is 91.4 Å². The van der Waals surface area contributed by atoms with Gasteiger partial charge in [-0.3, -0.25) is 4.79 Å². The molecule has 3 aliphatic rings. The van der Waals surface area contributed by atoms with E-state index >= 15 is 0 Å². The van der Waals surface area contributed by atoms with Crippen LogP contribution in [0.15, 0.2) is 35.5 Å². The van der Waals surface area contributed by atoms with Gasteiger partial charge < -0.3 is 18.9 Å². The molecule has 7 atom stereocenters. The lowest BCUT2D eigenvalue weighted by atomic mass is 9.82. The van der Waals surface area contributed by atoms with Gasteiger partial charge in [0.1, 0.15) is 18.3 Å². The smallest absolute Gasteiger partial charge is 0.334 e. The van der Waals surface area contributed by atoms with Crippen molar-refractivity contribution in [1.29, 1.82) is 0 Å². The highest BCUT2D eigenvalue weighted by Crippen LogP contribution is 2.48. The van der Waals surface area contributed by atoms with E-state index in [-0.39, 0.29) is 23.6 Å². The Morgan fingerprint density at radius 1 is 1.38 bits per heavy atom. The van der Waals surface area contributed by atoms with Crippen LogP contribution in [0.4, 0.5) is 0 Å². The molecule has 0 N–H and O–H groups in total. The zero-order valence-corrected chi connectivity index (χ0v) is 19.8. The Bertz CT molecular complexity index is 870. The van der Waals surface area contributed by atoms with Crippen molar-refractivity contribution in [3.05, 3.63) is 35.5 Å². The monoisotopic (exact) mass is 446 g/mol. The van der Waals surface area contributed by atoms with E-state index in [4.69, 9.17) is 18.9 Å². The normalized spacial score (nSPS) is 35.6. The molecule has 7 heteroatoms. The van der Waals surface area contributed by atoms with Crippen LogP contribution in [0.2, 0.25) is 0 Å². The summed E-state index contributed by atoms with van der Waals surface area (Å²) in [5.41, 5.74) is 0.957. The van der Waals surface area contributed by atoms with Gasteiger partial charge in [-0.05, 0) is 45.8 Å². The van der Waals surface area contributed by atoms with E-state index < -0.39 is 41.8 Å². The van der Waals surface area contributed by atoms with Gasteiger partial charge >= 0.3 is 17.9 Å². The molecule has 0 aromatic heterocycles. The molecular formula is C25H34O7. The van der Waals surface area contributed by atoms with Gasteiger partial charge in [0.15, 0.2) is 0 Å². The summed E-state index contributed by atoms with van der Waals surface area (Å²) in [6.07, 6.45) is 3.09. The number of fused-ring (bicyclic) bond motifs is 2. The summed E-state index contributed by atoms with van der Waals surface area (Å²) < 4.78 is 23.3. The predicted molar refractivity (Wildman–Crippen MR) is 117 cm³/mol. The predicted octanol–water partition coefficient (Wildman–Crippen LogP) is 3.82. The minimum Gasteiger partial charge on any atom is -0.458 e. The maximum absolute atomic E-state index is 12.6. The summed E-state index contributed by atoms with van der Waals surface area (Å²) in [5, 5.41) is 0. The molecule has 176 valence electrons. The molecule has 0 aromatic rings. The van der Waals surface area contributed by atoms with Crippen molar-refractivity contribution >= 4 is 17.9 Å². The standard InChI is InChI=1S/C25H34O7/c1-8-13(3)22(26)29-17-11-20-25(7,32-20)12-19(31-23(27)14(4)9-2)21-16(6)24(28)30-18(21)10-15(17)5/h9-10,13,17-21H,6,8,11-12H2,1-5,7H3. The largest absolute Gasteiger partial charge is 0.458 e. The molecule has 0 aromatic carbocycles. The van der Waals surface area contributed by atoms with Crippen LogP contribution in [-0.2, 0) is 33.3 Å². The number of allylic oxidation sites excluding steroid dienone is 1. The van der Waals surface area contributed by atoms with Crippen LogP contribution in [0.25, 0.3) is 0 Å². The molecule has 0 radical (unpaired) electrons. The van der Waals surface area contributed by atoms with Crippen LogP contribution < -0.4 is 0 Å². The maximum Gasteiger partial charge on any atom is 0.334 e. The lowest BCUT2D eigenvalue weighted by molar-refractivity contribution is -0.153. The first-order valence-corrected chi connectivity index (χ1v) is 11.3. The fourth-order valence-electron chi connectivity index (χ4n) is 4.25. The van der Waals surface area contributed by atoms with Gasteiger partial charge in [-0.1, -0.05) is 26.5 Å². The van der Waals surface area contributed by atoms with Crippen molar-refractivity contribution < 1.29 is 33.3 Å². The van der Waals surface area contributed by atoms with Gasteiger partial charge in [-0.25, -0.2) is 9.59 Å². The van der Waals surface area contributed by atoms with E-state index in [1.165, 1.54) is 0 Å². The van der Waals surface area contributed by atoms with Gasteiger partial charge in [0.2, 0.25) is 0 Å². The lowest BCUT2D eigenvalue weighted by Gasteiger charge is -2.29. The first-order chi connectivity index (χ1) is 15.0. The summed E-state index contributed by atoms with van der Waals surface area (Å²) in [6.45, 7) is 14.9. The first-order valence-electron chi connectivity index (χ1n) is 11.3. The van der Waals surface area contributed by atoms with E-state index in [0.29, 0.717) is 24.8 Å². The Morgan fingerprint density at radius 2 is 2.06 bits per heavy atom. The number of hydrogen-bond donors (Lipinski definition) is 0. The highest BCUT2D eigenvalue weighted by Gasteiger charge is 2.58. The van der Waals surface area contributed by atoms with E-state index in [2.05, 4.69) is 6.58 Å². The van der Waals surface area contributed by atoms with E-state index in [1.807, 2.05) is 27.7 Å². The Hall–Kier alpha value is -2.41. The second kappa shape index (κ2) is 9.22. The van der Waals surface area contributed by atoms with Crippen molar-refractivity contribution in [2.75, 3.05) is 0 Å². The van der Waals surface area contributed by atoms with Crippen molar-refractivity contribution in [1.82, 2.24) is 0 Å². The molecule has 2 heterocycles. The maximum atomic E-state index is 12.6. The van der Waals surface area contributed by atoms with Crippen molar-refractivity contribution in [2.45, 2.75) is 90.8 Å². The molecule has 0 spiro atoms. The average Bonchev–Trinajstić information content (AvgIpc) is 3.29. The Morgan fingerprint density at radius 3 is 2.69 bits per heavy atom. The van der Waals surface area contributed by atoms with Gasteiger partial charge in [0.05, 0.1) is 23.5 Å². The van der Waals surface area contributed by atoms with Gasteiger partial charge in [-0.2, -0.15) is 0 Å². The highest BCUT2D eigenvalue weighted by atomic mass is 16.6. The molecule has 0 amide bonds. The van der Waals surface area contributed by atoms with E-state index in [9.17, 15) is 14.4 Å². The SMILES string of the molecule is C=C1C(=O)OC2C=C(C)C(OC(=O)C(C)CC)CC3OC3(C)CC(OC(=O)C(C)=CC)C12. The van der Waals surface area contributed by atoms with Gasteiger partial charge in [0.25, 0.3) is 0 Å². The Balaban J connectivity index is 1.95. The third-order valence-corrected chi connectivity index (χ3v) is 6.95. The number of esters is 3. The van der Waals surface area contributed by atoms with Crippen LogP contribution in [0.5, 0.6) is 0 Å². The Kier molecular flexibility index (Phi) is 6.98. The Labute approximate surface area is 189 Å². The van der Waals surface area contributed by atoms with Crippen LogP contribution in [0.1, 0.15) is 60.8 Å². The number of carbonyl (C=O) groups is 3. The van der Waals surface area contributed by atoms with Crippen molar-refractivity contribution in [3.63, 3.8) is 0 Å². The number of hydrogen-bond acceptors (Lipinski definition) is 7. The quantitative estimate of drug-likeness (QED) is 0.208. The summed E-state index contributed by atoms with van der Waals surface area (Å²) in [6, 6.07) is 0. The second-order valence-corrected chi connectivity index (χ2v) is 9.34. The molecular weight excluding hydrogens is 412 g/mol. The van der Waals surface area contributed by atoms with Crippen molar-refractivity contribution in [2.24, 2.45) is 11.8 Å². The zero-order valence-electron chi connectivity index (χ0n) is 19.8. The number of carbonyl (C=O) groups excluding carboxylic acids is 3. The van der Waals surface area contributed by atoms with Crippen LogP contribution >= 0.6 is 0 Å². The molecule has 3 rings (SSSR count). The molecule has 7 nitrogen and oxygen atoms in total. The van der Waals surface area contributed by atoms with E-state index in [1.54, 1.807) is 26.0 Å². The van der Waals surface area contributed by atoms with Crippen molar-refractivity contribution in [3.8, 4) is 0 Å². The van der Waals surface area contributed by atoms with Gasteiger partial charge in [-0.15, -0.1) is 0 Å². The summed E-state index contributed by atoms with van der Waals surface area (Å²) in [4.78, 5) is 37.5. The summed E-state index contributed by atoms with van der Waals surface area (Å²) in [7, 11) is 0. The minimum absolute atomic E-state index is 0.160. The van der Waals surface area contributed by atoms with Crippen LogP contribution in [0, 0.1) is 11.8 Å². The molecule has 2 aliphatic heterocycles. The third kappa shape index (κ3) is 4.82. The van der Waals surface area contributed by atoms with E-state index in [0.717, 1.165) is 5.57 Å². The molecule has 2 saturated heterocycles. The number of epoxide rings is 1. The molecule has 1 aliphatic carbocycles. The molecule has 2 fully saturated rings. The minimum atomic E-state index is -0.664. The van der Waals surface area contributed by atoms with Crippen LogP contribution in [0.3, 0.4) is 0 Å². The lowest BCUT2D eigenvalue weighted by Crippen LogP contribution is -2.38. The molecule has 0 bridgehead atoms. The average molecular weight is 447 g/mol. The fraction of sp³-hybridized carbons (Fsp3) is 0.640. The summed E-state index contributed by atoms with van der Waals surface area (Å²) >= 11 is 0. The van der Waals surface area contributed by atoms with Crippen LogP contribution in [-0.4, -0.2) is 47.9 Å². The molecule has 7 unspecified atom stereocenters. The first kappa shape index (κ1) is 24.2. The molecule has 32 heavy (non-hydrogen) atoms. The highest BCUT2D eigenvalue weighted by molar-refractivity contribution is 5.92. The fourth-order valence-corrected chi connectivity index (χ4v) is 4.25. The number of ether oxygens (including phenoxy) is 4. The third-order valence-electron chi connectivity index (χ3n) is 6.95. The number of rotatable bonds is 5. The second-order valence-electron chi connectivity index (χ2n) is 9.34. The zero-order chi connectivity index (χ0) is 23.8. The molecule has 0 saturated carbocycles.